The Morgan fingerprint density at radius 2 is 2.12 bits per heavy atom. The number of allylic oxidation sites excluding steroid dienone is 1. The Balaban J connectivity index is 1.78. The van der Waals surface area contributed by atoms with Gasteiger partial charge in [0.2, 0.25) is 0 Å². The van der Waals surface area contributed by atoms with Crippen LogP contribution in [0.3, 0.4) is 0 Å². The Bertz CT molecular complexity index is 1010. The monoisotopic (exact) mass is 330 g/mol. The van der Waals surface area contributed by atoms with Crippen LogP contribution in [0.5, 0.6) is 0 Å². The largest absolute Gasteiger partial charge is 0.464 e. The molecule has 0 saturated carbocycles. The molecule has 0 unspecified atom stereocenters. The van der Waals surface area contributed by atoms with Crippen LogP contribution in [0.4, 0.5) is 0 Å². The van der Waals surface area contributed by atoms with Gasteiger partial charge in [-0.25, -0.2) is 4.98 Å². The number of aromatic nitrogens is 2. The van der Waals surface area contributed by atoms with Crippen molar-refractivity contribution in [3.8, 4) is 11.3 Å². The molecule has 0 amide bonds. The number of furan rings is 1. The van der Waals surface area contributed by atoms with Crippen LogP contribution in [0.15, 0.2) is 59.4 Å². The van der Waals surface area contributed by atoms with Crippen LogP contribution < -0.4 is 0 Å². The second-order valence-electron chi connectivity index (χ2n) is 6.38. The number of fused-ring (bicyclic) bond motifs is 3. The summed E-state index contributed by atoms with van der Waals surface area (Å²) >= 11 is 0. The van der Waals surface area contributed by atoms with Crippen molar-refractivity contribution >= 4 is 28.0 Å². The van der Waals surface area contributed by atoms with E-state index in [1.54, 1.807) is 6.26 Å². The van der Waals surface area contributed by atoms with Crippen molar-refractivity contribution in [2.75, 3.05) is 0 Å². The number of pyridine rings is 1. The second kappa shape index (κ2) is 6.98. The van der Waals surface area contributed by atoms with Crippen LogP contribution >= 0.6 is 0 Å². The summed E-state index contributed by atoms with van der Waals surface area (Å²) in [5.74, 6) is 0.886. The summed E-state index contributed by atoms with van der Waals surface area (Å²) in [7, 11) is 0. The molecule has 25 heavy (non-hydrogen) atoms. The van der Waals surface area contributed by atoms with Crippen molar-refractivity contribution in [2.45, 2.75) is 32.6 Å². The highest BCUT2D eigenvalue weighted by Crippen LogP contribution is 2.32. The lowest BCUT2D eigenvalue weighted by atomic mass is 10.0. The van der Waals surface area contributed by atoms with E-state index in [0.717, 1.165) is 28.9 Å². The lowest BCUT2D eigenvalue weighted by Gasteiger charge is -2.00. The van der Waals surface area contributed by atoms with Gasteiger partial charge in [-0.05, 0) is 54.8 Å². The SMILES string of the molecule is CCCCC/C=C/c1ccnc2[nH]c3ccc(-c4ccco4)cc3c12. The molecular formula is C22H22N2O. The first kappa shape index (κ1) is 15.7. The minimum absolute atomic E-state index is 0.886. The molecule has 126 valence electrons. The summed E-state index contributed by atoms with van der Waals surface area (Å²) in [5.41, 5.74) is 4.33. The molecule has 1 N–H and O–H groups in total. The fourth-order valence-electron chi connectivity index (χ4n) is 3.30. The van der Waals surface area contributed by atoms with Gasteiger partial charge in [-0.1, -0.05) is 31.9 Å². The third kappa shape index (κ3) is 3.10. The van der Waals surface area contributed by atoms with Gasteiger partial charge in [0.05, 0.1) is 6.26 Å². The molecule has 3 heterocycles. The highest BCUT2D eigenvalue weighted by molar-refractivity contribution is 6.10. The molecule has 0 aliphatic heterocycles. The first-order valence-corrected chi connectivity index (χ1v) is 8.97. The van der Waals surface area contributed by atoms with Crippen LogP contribution in [-0.4, -0.2) is 9.97 Å². The van der Waals surface area contributed by atoms with E-state index in [0.29, 0.717) is 0 Å². The number of hydrogen-bond acceptors (Lipinski definition) is 2. The normalized spacial score (nSPS) is 11.9. The Kier molecular flexibility index (Phi) is 4.38. The van der Waals surface area contributed by atoms with E-state index in [9.17, 15) is 0 Å². The van der Waals surface area contributed by atoms with Crippen LogP contribution in [0.1, 0.15) is 38.2 Å². The summed E-state index contributed by atoms with van der Waals surface area (Å²) in [4.78, 5) is 7.94. The maximum absolute atomic E-state index is 5.55. The van der Waals surface area contributed by atoms with Crippen molar-refractivity contribution in [3.05, 3.63) is 60.5 Å². The predicted molar refractivity (Wildman–Crippen MR) is 104 cm³/mol. The van der Waals surface area contributed by atoms with E-state index in [4.69, 9.17) is 4.42 Å². The van der Waals surface area contributed by atoms with E-state index in [2.05, 4.69) is 53.3 Å². The van der Waals surface area contributed by atoms with Gasteiger partial charge in [0.1, 0.15) is 11.4 Å². The van der Waals surface area contributed by atoms with Gasteiger partial charge in [0.15, 0.2) is 0 Å². The number of nitrogens with zero attached hydrogens (tertiary/aromatic N) is 1. The third-order valence-electron chi connectivity index (χ3n) is 4.60. The van der Waals surface area contributed by atoms with Gasteiger partial charge in [-0.3, -0.25) is 0 Å². The van der Waals surface area contributed by atoms with E-state index < -0.39 is 0 Å². The van der Waals surface area contributed by atoms with Gasteiger partial charge in [-0.2, -0.15) is 0 Å². The van der Waals surface area contributed by atoms with E-state index in [-0.39, 0.29) is 0 Å². The van der Waals surface area contributed by atoms with Crippen molar-refractivity contribution in [3.63, 3.8) is 0 Å². The van der Waals surface area contributed by atoms with Crippen molar-refractivity contribution < 1.29 is 4.42 Å². The highest BCUT2D eigenvalue weighted by atomic mass is 16.3. The molecule has 3 heteroatoms. The standard InChI is InChI=1S/C22H22N2O/c1-2-3-4-5-6-8-16-12-13-23-22-21(16)18-15-17(10-11-19(18)24-22)20-9-7-14-25-20/h6-15H,2-5H2,1H3,(H,23,24)/b8-6+. The molecule has 0 spiro atoms. The summed E-state index contributed by atoms with van der Waals surface area (Å²) in [5, 5.41) is 2.36. The molecule has 0 aliphatic carbocycles. The number of nitrogens with one attached hydrogen (secondary N) is 1. The zero-order valence-electron chi connectivity index (χ0n) is 14.5. The zero-order valence-corrected chi connectivity index (χ0v) is 14.5. The number of benzene rings is 1. The fraction of sp³-hybridized carbons (Fsp3) is 0.227. The highest BCUT2D eigenvalue weighted by Gasteiger charge is 2.10. The fourth-order valence-corrected chi connectivity index (χ4v) is 3.30. The third-order valence-corrected chi connectivity index (χ3v) is 4.60. The molecule has 3 nitrogen and oxygen atoms in total. The van der Waals surface area contributed by atoms with Crippen LogP contribution in [0.25, 0.3) is 39.3 Å². The first-order chi connectivity index (χ1) is 12.4. The lowest BCUT2D eigenvalue weighted by Crippen LogP contribution is -1.80. The Hall–Kier alpha value is -2.81. The molecule has 0 bridgehead atoms. The Morgan fingerprint density at radius 3 is 2.96 bits per heavy atom. The molecule has 0 radical (unpaired) electrons. The van der Waals surface area contributed by atoms with Crippen LogP contribution in [-0.2, 0) is 0 Å². The van der Waals surface area contributed by atoms with Gasteiger partial charge in [0.25, 0.3) is 0 Å². The minimum Gasteiger partial charge on any atom is -0.464 e. The van der Waals surface area contributed by atoms with Crippen molar-refractivity contribution in [1.82, 2.24) is 9.97 Å². The minimum atomic E-state index is 0.886. The number of aromatic amines is 1. The molecule has 0 aliphatic rings. The molecule has 0 fully saturated rings. The molecule has 4 rings (SSSR count). The van der Waals surface area contributed by atoms with Crippen LogP contribution in [0, 0.1) is 0 Å². The van der Waals surface area contributed by atoms with E-state index >= 15 is 0 Å². The van der Waals surface area contributed by atoms with Gasteiger partial charge in [0, 0.05) is 28.0 Å². The molecular weight excluding hydrogens is 308 g/mol. The average molecular weight is 330 g/mol. The lowest BCUT2D eigenvalue weighted by molar-refractivity contribution is 0.582. The topological polar surface area (TPSA) is 41.8 Å². The molecule has 4 aromatic rings. The molecule has 1 aromatic carbocycles. The summed E-state index contributed by atoms with van der Waals surface area (Å²) < 4.78 is 5.55. The van der Waals surface area contributed by atoms with Gasteiger partial charge >= 0.3 is 0 Å². The van der Waals surface area contributed by atoms with E-state index in [1.807, 2.05) is 18.3 Å². The maximum atomic E-state index is 5.55. The quantitative estimate of drug-likeness (QED) is 0.406. The second-order valence-corrected chi connectivity index (χ2v) is 6.38. The number of unbranched alkanes of at least 4 members (excludes halogenated alkanes) is 3. The molecule has 0 saturated heterocycles. The smallest absolute Gasteiger partial charge is 0.138 e. The molecule has 3 aromatic heterocycles. The zero-order chi connectivity index (χ0) is 17.1. The first-order valence-electron chi connectivity index (χ1n) is 8.97. The predicted octanol–water partition coefficient (Wildman–Crippen LogP) is 6.57. The van der Waals surface area contributed by atoms with Gasteiger partial charge in [-0.15, -0.1) is 0 Å². The Labute approximate surface area is 147 Å². The molecule has 0 atom stereocenters. The number of hydrogen-bond donors (Lipinski definition) is 1. The van der Waals surface area contributed by atoms with Gasteiger partial charge < -0.3 is 9.40 Å². The number of rotatable bonds is 6. The average Bonchev–Trinajstić information content (AvgIpc) is 3.29. The van der Waals surface area contributed by atoms with Crippen LogP contribution in [0.2, 0.25) is 0 Å². The van der Waals surface area contributed by atoms with Crippen molar-refractivity contribution in [1.29, 1.82) is 0 Å². The van der Waals surface area contributed by atoms with E-state index in [1.165, 1.54) is 35.6 Å². The van der Waals surface area contributed by atoms with Crippen molar-refractivity contribution in [2.24, 2.45) is 0 Å². The number of H-pyrrole nitrogens is 1. The Morgan fingerprint density at radius 1 is 1.16 bits per heavy atom. The maximum Gasteiger partial charge on any atom is 0.138 e. The summed E-state index contributed by atoms with van der Waals surface area (Å²) in [6.45, 7) is 2.23. The summed E-state index contributed by atoms with van der Waals surface area (Å²) in [6.07, 6.45) is 13.0. The summed E-state index contributed by atoms with van der Waals surface area (Å²) in [6, 6.07) is 12.4.